The zero-order chi connectivity index (χ0) is 13.1. The third-order valence-electron chi connectivity index (χ3n) is 2.53. The molecule has 0 spiro atoms. The number of carbonyl (C=O) groups excluding carboxylic acids is 1. The van der Waals surface area contributed by atoms with Crippen molar-refractivity contribution >= 4 is 38.6 Å². The SMILES string of the molecule is COC(=O)CN(C)c1ccnc2cc(Br)cnc12. The number of methoxy groups -OCH3 is 1. The molecule has 5 nitrogen and oxygen atoms in total. The minimum Gasteiger partial charge on any atom is -0.468 e. The molecule has 0 amide bonds. The standard InChI is InChI=1S/C12H12BrN3O2/c1-16(7-11(17)18-2)10-3-4-14-9-5-8(13)6-15-12(9)10/h3-6H,7H2,1-2H3. The first kappa shape index (κ1) is 12.8. The van der Waals surface area contributed by atoms with Gasteiger partial charge in [-0.25, -0.2) is 0 Å². The van der Waals surface area contributed by atoms with Crippen LogP contribution in [-0.2, 0) is 9.53 Å². The van der Waals surface area contributed by atoms with Crippen molar-refractivity contribution in [3.8, 4) is 0 Å². The highest BCUT2D eigenvalue weighted by atomic mass is 79.9. The van der Waals surface area contributed by atoms with E-state index in [1.165, 1.54) is 7.11 Å². The normalized spacial score (nSPS) is 10.4. The number of hydrogen-bond donors (Lipinski definition) is 0. The van der Waals surface area contributed by atoms with Crippen LogP contribution < -0.4 is 4.90 Å². The van der Waals surface area contributed by atoms with Gasteiger partial charge in [0.05, 0.1) is 18.3 Å². The summed E-state index contributed by atoms with van der Waals surface area (Å²) in [6.45, 7) is 0.174. The molecule has 0 aliphatic heterocycles. The lowest BCUT2D eigenvalue weighted by molar-refractivity contribution is -0.138. The average molecular weight is 310 g/mol. The molecule has 2 rings (SSSR count). The van der Waals surface area contributed by atoms with Crippen molar-refractivity contribution < 1.29 is 9.53 Å². The van der Waals surface area contributed by atoms with E-state index < -0.39 is 0 Å². The first-order valence-electron chi connectivity index (χ1n) is 5.30. The summed E-state index contributed by atoms with van der Waals surface area (Å²) in [6, 6.07) is 3.71. The van der Waals surface area contributed by atoms with Crippen LogP contribution in [0.1, 0.15) is 0 Å². The van der Waals surface area contributed by atoms with Crippen LogP contribution in [0.5, 0.6) is 0 Å². The van der Waals surface area contributed by atoms with Crippen LogP contribution >= 0.6 is 15.9 Å². The highest BCUT2D eigenvalue weighted by Crippen LogP contribution is 2.24. The second-order valence-corrected chi connectivity index (χ2v) is 4.70. The second-order valence-electron chi connectivity index (χ2n) is 3.78. The van der Waals surface area contributed by atoms with E-state index in [1.807, 2.05) is 19.2 Å². The predicted molar refractivity (Wildman–Crippen MR) is 72.5 cm³/mol. The van der Waals surface area contributed by atoms with Gasteiger partial charge in [0, 0.05) is 23.9 Å². The Morgan fingerprint density at radius 3 is 3.00 bits per heavy atom. The van der Waals surface area contributed by atoms with Crippen LogP contribution in [0.3, 0.4) is 0 Å². The predicted octanol–water partition coefficient (Wildman–Crippen LogP) is 2.00. The van der Waals surface area contributed by atoms with Crippen LogP contribution in [0.15, 0.2) is 29.0 Å². The lowest BCUT2D eigenvalue weighted by atomic mass is 10.2. The van der Waals surface area contributed by atoms with Crippen LogP contribution in [0, 0.1) is 0 Å². The van der Waals surface area contributed by atoms with E-state index >= 15 is 0 Å². The molecule has 6 heteroatoms. The summed E-state index contributed by atoms with van der Waals surface area (Å²) in [5, 5.41) is 0. The lowest BCUT2D eigenvalue weighted by Crippen LogP contribution is -2.26. The van der Waals surface area contributed by atoms with Gasteiger partial charge in [0.2, 0.25) is 0 Å². The number of likely N-dealkylation sites (N-methyl/N-ethyl adjacent to an activating group) is 1. The van der Waals surface area contributed by atoms with Crippen molar-refractivity contribution in [1.29, 1.82) is 0 Å². The van der Waals surface area contributed by atoms with Crippen LogP contribution in [0.2, 0.25) is 0 Å². The fourth-order valence-corrected chi connectivity index (χ4v) is 1.96. The molecule has 0 aromatic carbocycles. The van der Waals surface area contributed by atoms with Gasteiger partial charge < -0.3 is 9.64 Å². The third-order valence-corrected chi connectivity index (χ3v) is 2.96. The Kier molecular flexibility index (Phi) is 3.76. The first-order chi connectivity index (χ1) is 8.61. The van der Waals surface area contributed by atoms with Gasteiger partial charge in [-0.05, 0) is 28.1 Å². The lowest BCUT2D eigenvalue weighted by Gasteiger charge is -2.18. The van der Waals surface area contributed by atoms with Crippen molar-refractivity contribution in [3.05, 3.63) is 29.0 Å². The van der Waals surface area contributed by atoms with Gasteiger partial charge in [0.25, 0.3) is 0 Å². The van der Waals surface area contributed by atoms with Crippen LogP contribution in [0.25, 0.3) is 11.0 Å². The molecule has 0 fully saturated rings. The molecule has 2 aromatic heterocycles. The number of fused-ring (bicyclic) bond motifs is 1. The number of esters is 1. The summed E-state index contributed by atoms with van der Waals surface area (Å²) < 4.78 is 5.52. The Morgan fingerprint density at radius 2 is 2.28 bits per heavy atom. The molecule has 2 heterocycles. The number of nitrogens with zero attached hydrogens (tertiary/aromatic N) is 3. The fourth-order valence-electron chi connectivity index (χ4n) is 1.64. The number of ether oxygens (including phenoxy) is 1. The molecule has 0 aliphatic carbocycles. The second kappa shape index (κ2) is 5.30. The first-order valence-corrected chi connectivity index (χ1v) is 6.09. The Hall–Kier alpha value is -1.69. The Balaban J connectivity index is 2.41. The average Bonchev–Trinajstić information content (AvgIpc) is 2.37. The van der Waals surface area contributed by atoms with Crippen molar-refractivity contribution in [3.63, 3.8) is 0 Å². The highest BCUT2D eigenvalue weighted by Gasteiger charge is 2.11. The van der Waals surface area contributed by atoms with E-state index in [2.05, 4.69) is 30.6 Å². The van der Waals surface area contributed by atoms with Crippen molar-refractivity contribution in [2.45, 2.75) is 0 Å². The molecular weight excluding hydrogens is 298 g/mol. The summed E-state index contributed by atoms with van der Waals surface area (Å²) in [4.78, 5) is 21.6. The minimum absolute atomic E-state index is 0.174. The summed E-state index contributed by atoms with van der Waals surface area (Å²) in [7, 11) is 3.19. The molecule has 18 heavy (non-hydrogen) atoms. The topological polar surface area (TPSA) is 55.3 Å². The zero-order valence-electron chi connectivity index (χ0n) is 10.1. The number of carbonyl (C=O) groups is 1. The number of rotatable bonds is 3. The highest BCUT2D eigenvalue weighted by molar-refractivity contribution is 9.10. The van der Waals surface area contributed by atoms with Crippen molar-refractivity contribution in [2.75, 3.05) is 25.6 Å². The summed E-state index contributed by atoms with van der Waals surface area (Å²) in [5.74, 6) is -0.292. The smallest absolute Gasteiger partial charge is 0.325 e. The van der Waals surface area contributed by atoms with Gasteiger partial charge in [0.15, 0.2) is 0 Å². The van der Waals surface area contributed by atoms with Gasteiger partial charge in [-0.1, -0.05) is 0 Å². The van der Waals surface area contributed by atoms with Gasteiger partial charge in [-0.3, -0.25) is 14.8 Å². The van der Waals surface area contributed by atoms with Gasteiger partial charge in [0.1, 0.15) is 12.1 Å². The van der Waals surface area contributed by atoms with Crippen molar-refractivity contribution in [1.82, 2.24) is 9.97 Å². The van der Waals surface area contributed by atoms with Gasteiger partial charge >= 0.3 is 5.97 Å². The number of aromatic nitrogens is 2. The van der Waals surface area contributed by atoms with Gasteiger partial charge in [-0.2, -0.15) is 0 Å². The molecule has 0 atom stereocenters. The molecule has 0 saturated carbocycles. The molecular formula is C12H12BrN3O2. The molecule has 0 unspecified atom stereocenters. The zero-order valence-corrected chi connectivity index (χ0v) is 11.6. The minimum atomic E-state index is -0.292. The fraction of sp³-hybridized carbons (Fsp3) is 0.250. The number of hydrogen-bond acceptors (Lipinski definition) is 5. The number of pyridine rings is 2. The molecule has 0 radical (unpaired) electrons. The largest absolute Gasteiger partial charge is 0.468 e. The molecule has 0 saturated heterocycles. The molecule has 0 aliphatic rings. The van der Waals surface area contributed by atoms with Gasteiger partial charge in [-0.15, -0.1) is 0 Å². The van der Waals surface area contributed by atoms with E-state index in [0.29, 0.717) is 0 Å². The quantitative estimate of drug-likeness (QED) is 0.812. The molecule has 0 bridgehead atoms. The van der Waals surface area contributed by atoms with E-state index in [0.717, 1.165) is 21.2 Å². The van der Waals surface area contributed by atoms with E-state index in [4.69, 9.17) is 0 Å². The summed E-state index contributed by atoms with van der Waals surface area (Å²) >= 11 is 3.36. The third kappa shape index (κ3) is 2.59. The Labute approximate surface area is 113 Å². The van der Waals surface area contributed by atoms with Crippen LogP contribution in [0.4, 0.5) is 5.69 Å². The van der Waals surface area contributed by atoms with Crippen LogP contribution in [-0.4, -0.2) is 36.6 Å². The van der Waals surface area contributed by atoms with Crippen molar-refractivity contribution in [2.24, 2.45) is 0 Å². The summed E-state index contributed by atoms with van der Waals surface area (Å²) in [6.07, 6.45) is 3.40. The monoisotopic (exact) mass is 309 g/mol. The Bertz CT molecular complexity index is 589. The van der Waals surface area contributed by atoms with E-state index in [9.17, 15) is 4.79 Å². The maximum atomic E-state index is 11.3. The number of anilines is 1. The van der Waals surface area contributed by atoms with E-state index in [1.54, 1.807) is 17.3 Å². The Morgan fingerprint density at radius 1 is 1.50 bits per heavy atom. The molecule has 2 aromatic rings. The summed E-state index contributed by atoms with van der Waals surface area (Å²) in [5.41, 5.74) is 2.38. The molecule has 94 valence electrons. The maximum Gasteiger partial charge on any atom is 0.325 e. The number of halogens is 1. The maximum absolute atomic E-state index is 11.3. The molecule has 0 N–H and O–H groups in total. The van der Waals surface area contributed by atoms with E-state index in [-0.39, 0.29) is 12.5 Å².